The number of aromatic nitrogens is 1. The van der Waals surface area contributed by atoms with Gasteiger partial charge in [0.25, 0.3) is 0 Å². The number of hydrogen-bond donors (Lipinski definition) is 1. The lowest BCUT2D eigenvalue weighted by atomic mass is 9.93. The highest BCUT2D eigenvalue weighted by Crippen LogP contribution is 2.25. The summed E-state index contributed by atoms with van der Waals surface area (Å²) in [5.41, 5.74) is 0.979. The zero-order chi connectivity index (χ0) is 11.0. The number of fused-ring (bicyclic) bond motifs is 1. The fraction of sp³-hybridized carbons (Fsp3) is 0.750. The molecule has 0 bridgehead atoms. The molecule has 1 aromatic heterocycles. The van der Waals surface area contributed by atoms with Crippen LogP contribution in [0.15, 0.2) is 10.6 Å². The first-order valence-electron chi connectivity index (χ1n) is 6.19. The van der Waals surface area contributed by atoms with Crippen LogP contribution in [-0.2, 0) is 6.54 Å². The van der Waals surface area contributed by atoms with Crippen molar-refractivity contribution < 1.29 is 4.52 Å². The summed E-state index contributed by atoms with van der Waals surface area (Å²) in [7, 11) is 0. The van der Waals surface area contributed by atoms with Gasteiger partial charge in [0.2, 0.25) is 0 Å². The zero-order valence-electron chi connectivity index (χ0n) is 9.78. The van der Waals surface area contributed by atoms with Gasteiger partial charge in [-0.05, 0) is 32.2 Å². The molecule has 0 spiro atoms. The first-order valence-corrected chi connectivity index (χ1v) is 6.19. The van der Waals surface area contributed by atoms with Gasteiger partial charge in [-0.2, -0.15) is 0 Å². The van der Waals surface area contributed by atoms with Gasteiger partial charge in [0.1, 0.15) is 0 Å². The molecule has 1 N–H and O–H groups in total. The molecule has 2 atom stereocenters. The van der Waals surface area contributed by atoms with Crippen molar-refractivity contribution in [2.45, 2.75) is 32.4 Å². The van der Waals surface area contributed by atoms with Crippen LogP contribution in [0.25, 0.3) is 0 Å². The van der Waals surface area contributed by atoms with E-state index in [0.29, 0.717) is 0 Å². The summed E-state index contributed by atoms with van der Waals surface area (Å²) in [6.07, 6.45) is 2.61. The Hall–Kier alpha value is -0.870. The molecule has 0 saturated carbocycles. The van der Waals surface area contributed by atoms with E-state index in [1.807, 2.05) is 13.0 Å². The molecule has 0 aromatic carbocycles. The van der Waals surface area contributed by atoms with Crippen molar-refractivity contribution >= 4 is 0 Å². The third-order valence-corrected chi connectivity index (χ3v) is 3.80. The van der Waals surface area contributed by atoms with E-state index >= 15 is 0 Å². The monoisotopic (exact) mass is 221 g/mol. The van der Waals surface area contributed by atoms with Crippen molar-refractivity contribution in [1.29, 1.82) is 0 Å². The maximum atomic E-state index is 5.27. The van der Waals surface area contributed by atoms with Crippen molar-refractivity contribution in [2.75, 3.05) is 19.6 Å². The Kier molecular flexibility index (Phi) is 2.69. The van der Waals surface area contributed by atoms with Crippen molar-refractivity contribution in [1.82, 2.24) is 15.4 Å². The van der Waals surface area contributed by atoms with Crippen LogP contribution >= 0.6 is 0 Å². The number of aryl methyl sites for hydroxylation is 1. The van der Waals surface area contributed by atoms with E-state index in [4.69, 9.17) is 4.52 Å². The normalized spacial score (nSPS) is 30.6. The van der Waals surface area contributed by atoms with Crippen LogP contribution < -0.4 is 5.32 Å². The number of likely N-dealkylation sites (tertiary alicyclic amines) is 1. The topological polar surface area (TPSA) is 41.3 Å². The Balaban J connectivity index is 1.60. The molecule has 3 rings (SSSR count). The van der Waals surface area contributed by atoms with E-state index in [1.54, 1.807) is 0 Å². The number of nitrogens with one attached hydrogen (secondary N) is 1. The van der Waals surface area contributed by atoms with Gasteiger partial charge in [-0.3, -0.25) is 4.90 Å². The second-order valence-corrected chi connectivity index (χ2v) is 5.07. The summed E-state index contributed by atoms with van der Waals surface area (Å²) in [6, 6.07) is 2.81. The van der Waals surface area contributed by atoms with E-state index < -0.39 is 0 Å². The summed E-state index contributed by atoms with van der Waals surface area (Å²) in [5, 5.41) is 7.52. The molecule has 88 valence electrons. The molecule has 2 saturated heterocycles. The molecule has 16 heavy (non-hydrogen) atoms. The summed E-state index contributed by atoms with van der Waals surface area (Å²) >= 11 is 0. The third-order valence-electron chi connectivity index (χ3n) is 3.80. The molecule has 2 aliphatic heterocycles. The van der Waals surface area contributed by atoms with Crippen LogP contribution in [0.1, 0.15) is 24.3 Å². The lowest BCUT2D eigenvalue weighted by Gasteiger charge is -2.34. The second-order valence-electron chi connectivity index (χ2n) is 5.07. The van der Waals surface area contributed by atoms with E-state index in [0.717, 1.165) is 30.0 Å². The first-order chi connectivity index (χ1) is 7.81. The zero-order valence-corrected chi connectivity index (χ0v) is 9.78. The van der Waals surface area contributed by atoms with Gasteiger partial charge in [-0.15, -0.1) is 0 Å². The Morgan fingerprint density at radius 3 is 3.31 bits per heavy atom. The molecule has 4 nitrogen and oxygen atoms in total. The molecule has 0 radical (unpaired) electrons. The lowest BCUT2D eigenvalue weighted by Crippen LogP contribution is -2.43. The van der Waals surface area contributed by atoms with Crippen LogP contribution in [0.3, 0.4) is 0 Å². The predicted octanol–water partition coefficient (Wildman–Crippen LogP) is 1.17. The Labute approximate surface area is 96.0 Å². The molecule has 0 amide bonds. The summed E-state index contributed by atoms with van der Waals surface area (Å²) < 4.78 is 5.27. The molecule has 0 aliphatic carbocycles. The van der Waals surface area contributed by atoms with Gasteiger partial charge in [-0.25, -0.2) is 0 Å². The van der Waals surface area contributed by atoms with Gasteiger partial charge in [0, 0.05) is 25.2 Å². The molecule has 2 fully saturated rings. The molecule has 4 heteroatoms. The lowest BCUT2D eigenvalue weighted by molar-refractivity contribution is 0.142. The van der Waals surface area contributed by atoms with E-state index in [2.05, 4.69) is 15.4 Å². The molecule has 2 unspecified atom stereocenters. The van der Waals surface area contributed by atoms with E-state index in [-0.39, 0.29) is 0 Å². The minimum atomic E-state index is 0.771. The van der Waals surface area contributed by atoms with Gasteiger partial charge < -0.3 is 9.84 Å². The van der Waals surface area contributed by atoms with Crippen LogP contribution in [0.2, 0.25) is 0 Å². The third kappa shape index (κ3) is 1.99. The standard InChI is InChI=1S/C12H19N3O/c1-9-6-11(16-14-9)8-15-5-3-12-10(7-15)2-4-13-12/h6,10,12-13H,2-5,7-8H2,1H3. The Morgan fingerprint density at radius 1 is 1.56 bits per heavy atom. The summed E-state index contributed by atoms with van der Waals surface area (Å²) in [6.45, 7) is 6.47. The van der Waals surface area contributed by atoms with Crippen LogP contribution in [0.4, 0.5) is 0 Å². The van der Waals surface area contributed by atoms with Gasteiger partial charge in [0.15, 0.2) is 5.76 Å². The number of hydrogen-bond acceptors (Lipinski definition) is 4. The highest BCUT2D eigenvalue weighted by molar-refractivity contribution is 5.03. The molecular weight excluding hydrogens is 202 g/mol. The first kappa shape index (κ1) is 10.3. The van der Waals surface area contributed by atoms with Crippen molar-refractivity contribution in [3.8, 4) is 0 Å². The van der Waals surface area contributed by atoms with E-state index in [1.165, 1.54) is 32.5 Å². The second kappa shape index (κ2) is 4.18. The van der Waals surface area contributed by atoms with Gasteiger partial charge in [-0.1, -0.05) is 5.16 Å². The average molecular weight is 221 g/mol. The fourth-order valence-electron chi connectivity index (χ4n) is 2.98. The fourth-order valence-corrected chi connectivity index (χ4v) is 2.98. The Bertz CT molecular complexity index is 363. The maximum Gasteiger partial charge on any atom is 0.150 e. The van der Waals surface area contributed by atoms with Crippen LogP contribution in [-0.4, -0.2) is 35.7 Å². The minimum Gasteiger partial charge on any atom is -0.360 e. The predicted molar refractivity (Wildman–Crippen MR) is 61.0 cm³/mol. The maximum absolute atomic E-state index is 5.27. The van der Waals surface area contributed by atoms with Crippen molar-refractivity contribution in [3.63, 3.8) is 0 Å². The average Bonchev–Trinajstić information content (AvgIpc) is 2.87. The molecular formula is C12H19N3O. The largest absolute Gasteiger partial charge is 0.360 e. The SMILES string of the molecule is Cc1cc(CN2CCC3NCCC3C2)on1. The minimum absolute atomic E-state index is 0.771. The quantitative estimate of drug-likeness (QED) is 0.814. The van der Waals surface area contributed by atoms with E-state index in [9.17, 15) is 0 Å². The van der Waals surface area contributed by atoms with Crippen LogP contribution in [0.5, 0.6) is 0 Å². The highest BCUT2D eigenvalue weighted by atomic mass is 16.5. The highest BCUT2D eigenvalue weighted by Gasteiger charge is 2.32. The number of piperidine rings is 1. The van der Waals surface area contributed by atoms with Gasteiger partial charge in [0.05, 0.1) is 12.2 Å². The van der Waals surface area contributed by atoms with Crippen molar-refractivity contribution in [3.05, 3.63) is 17.5 Å². The van der Waals surface area contributed by atoms with Crippen molar-refractivity contribution in [2.24, 2.45) is 5.92 Å². The molecule has 3 heterocycles. The number of rotatable bonds is 2. The van der Waals surface area contributed by atoms with Gasteiger partial charge >= 0.3 is 0 Å². The molecule has 2 aliphatic rings. The molecule has 1 aromatic rings. The summed E-state index contributed by atoms with van der Waals surface area (Å²) in [5.74, 6) is 1.85. The Morgan fingerprint density at radius 2 is 2.50 bits per heavy atom. The smallest absolute Gasteiger partial charge is 0.150 e. The number of nitrogens with zero attached hydrogens (tertiary/aromatic N) is 2. The summed E-state index contributed by atoms with van der Waals surface area (Å²) in [4.78, 5) is 2.49. The van der Waals surface area contributed by atoms with Crippen LogP contribution in [0, 0.1) is 12.8 Å².